The van der Waals surface area contributed by atoms with Crippen LogP contribution >= 0.6 is 0 Å². The Hall–Kier alpha value is -3.96. The zero-order valence-corrected chi connectivity index (χ0v) is 14.3. The van der Waals surface area contributed by atoms with Crippen LogP contribution in [0.2, 0.25) is 0 Å². The number of halogens is 6. The van der Waals surface area contributed by atoms with Gasteiger partial charge in [-0.25, -0.2) is 4.98 Å². The van der Waals surface area contributed by atoms with Gasteiger partial charge >= 0.3 is 18.2 Å². The van der Waals surface area contributed by atoms with E-state index in [0.29, 0.717) is 12.1 Å². The summed E-state index contributed by atoms with van der Waals surface area (Å²) in [5, 5.41) is 23.7. The van der Waals surface area contributed by atoms with Crippen molar-refractivity contribution in [1.82, 2.24) is 24.3 Å². The predicted octanol–water partition coefficient (Wildman–Crippen LogP) is 3.60. The van der Waals surface area contributed by atoms with E-state index in [1.165, 1.54) is 0 Å². The third-order valence-corrected chi connectivity index (χ3v) is 3.76. The quantitative estimate of drug-likeness (QED) is 0.354. The van der Waals surface area contributed by atoms with E-state index in [-0.39, 0.29) is 18.4 Å². The summed E-state index contributed by atoms with van der Waals surface area (Å²) in [5.74, 6) is -1.63. The molecule has 0 aliphatic heterocycles. The fourth-order valence-electron chi connectivity index (χ4n) is 2.50. The fraction of sp³-hybridized carbons (Fsp3) is 0.200. The van der Waals surface area contributed by atoms with Gasteiger partial charge in [0, 0.05) is 5.56 Å². The molecule has 2 aromatic heterocycles. The number of aromatic nitrogens is 5. The predicted molar refractivity (Wildman–Crippen MR) is 84.9 cm³/mol. The zero-order valence-electron chi connectivity index (χ0n) is 14.3. The molecule has 3 rings (SSSR count). The molecule has 2 heterocycles. The molecule has 0 saturated heterocycles. The molecule has 3 aromatic rings. The second-order valence-electron chi connectivity index (χ2n) is 5.74. The van der Waals surface area contributed by atoms with Gasteiger partial charge in [-0.1, -0.05) is 0 Å². The van der Waals surface area contributed by atoms with Gasteiger partial charge in [0.15, 0.2) is 5.82 Å². The molecule has 9 nitrogen and oxygen atoms in total. The van der Waals surface area contributed by atoms with Crippen LogP contribution in [0.15, 0.2) is 30.9 Å². The van der Waals surface area contributed by atoms with Crippen molar-refractivity contribution in [2.24, 2.45) is 0 Å². The number of nitrogens with zero attached hydrogens (tertiary/aromatic N) is 7. The Morgan fingerprint density at radius 3 is 2.13 bits per heavy atom. The maximum absolute atomic E-state index is 13.0. The topological polar surface area (TPSA) is 115 Å². The first kappa shape index (κ1) is 20.8. The van der Waals surface area contributed by atoms with Crippen LogP contribution in [0.1, 0.15) is 11.1 Å². The summed E-state index contributed by atoms with van der Waals surface area (Å²) in [6.45, 7) is -0.382. The third-order valence-electron chi connectivity index (χ3n) is 3.76. The van der Waals surface area contributed by atoms with E-state index in [2.05, 4.69) is 15.1 Å². The average molecular weight is 431 g/mol. The van der Waals surface area contributed by atoms with E-state index in [1.54, 1.807) is 6.07 Å². The lowest BCUT2D eigenvalue weighted by molar-refractivity contribution is -0.389. The molecule has 0 aliphatic carbocycles. The van der Waals surface area contributed by atoms with Crippen LogP contribution in [-0.4, -0.2) is 29.2 Å². The molecule has 0 amide bonds. The minimum atomic E-state index is -5.07. The van der Waals surface area contributed by atoms with Gasteiger partial charge in [0.25, 0.3) is 0 Å². The van der Waals surface area contributed by atoms with E-state index in [9.17, 15) is 36.5 Å². The Labute approximate surface area is 162 Å². The molecule has 0 spiro atoms. The second kappa shape index (κ2) is 7.13. The molecule has 0 N–H and O–H groups in total. The summed E-state index contributed by atoms with van der Waals surface area (Å²) in [7, 11) is 0. The Bertz CT molecular complexity index is 1120. The van der Waals surface area contributed by atoms with Crippen molar-refractivity contribution in [3.63, 3.8) is 0 Å². The van der Waals surface area contributed by atoms with E-state index in [0.717, 1.165) is 21.9 Å². The van der Waals surface area contributed by atoms with Crippen molar-refractivity contribution in [3.8, 4) is 23.3 Å². The molecular formula is C15H7F6N7O2. The van der Waals surface area contributed by atoms with Gasteiger partial charge in [-0.05, 0) is 28.1 Å². The van der Waals surface area contributed by atoms with Gasteiger partial charge in [-0.15, -0.1) is 5.10 Å². The Balaban J connectivity index is 2.15. The zero-order chi connectivity index (χ0) is 22.3. The average Bonchev–Trinajstić information content (AvgIpc) is 3.27. The highest BCUT2D eigenvalue weighted by atomic mass is 19.4. The molecule has 0 radical (unpaired) electrons. The van der Waals surface area contributed by atoms with Crippen molar-refractivity contribution >= 4 is 5.82 Å². The lowest BCUT2D eigenvalue weighted by Gasteiger charge is -2.13. The van der Waals surface area contributed by atoms with Gasteiger partial charge in [-0.2, -0.15) is 36.3 Å². The largest absolute Gasteiger partial charge is 0.416 e. The molecule has 0 bridgehead atoms. The van der Waals surface area contributed by atoms with Crippen molar-refractivity contribution < 1.29 is 31.3 Å². The van der Waals surface area contributed by atoms with Crippen molar-refractivity contribution in [1.29, 1.82) is 5.26 Å². The minimum Gasteiger partial charge on any atom is -0.358 e. The number of nitro groups is 1. The van der Waals surface area contributed by atoms with Crippen molar-refractivity contribution in [2.75, 3.05) is 0 Å². The highest BCUT2D eigenvalue weighted by Gasteiger charge is 2.37. The van der Waals surface area contributed by atoms with E-state index in [4.69, 9.17) is 5.26 Å². The standard InChI is InChI=1S/C15H7F6N7O2/c16-14(17,18)9-3-8(4-10(5-9)15(19,20)21)11-23-7-27(25-11)13-12(28(29)30)24-6-26(13)2-1-22/h3-7H,2H2. The van der Waals surface area contributed by atoms with Gasteiger partial charge < -0.3 is 10.1 Å². The van der Waals surface area contributed by atoms with Gasteiger partial charge in [0.1, 0.15) is 12.9 Å². The first-order valence-corrected chi connectivity index (χ1v) is 7.70. The Morgan fingerprint density at radius 2 is 1.63 bits per heavy atom. The normalized spacial score (nSPS) is 12.0. The first-order chi connectivity index (χ1) is 13.9. The SMILES string of the molecule is N#CCn1cnc([N+](=O)[O-])c1-n1cnc(-c2cc(C(F)(F)F)cc(C(F)(F)F)c2)n1. The van der Waals surface area contributed by atoms with Crippen LogP contribution in [0.25, 0.3) is 17.2 Å². The molecule has 1 aromatic carbocycles. The summed E-state index contributed by atoms with van der Waals surface area (Å²) in [6, 6.07) is 2.53. The molecule has 0 fully saturated rings. The molecule has 15 heteroatoms. The summed E-state index contributed by atoms with van der Waals surface area (Å²) < 4.78 is 79.9. The highest BCUT2D eigenvalue weighted by Crippen LogP contribution is 2.38. The minimum absolute atomic E-state index is 0.0483. The summed E-state index contributed by atoms with van der Waals surface area (Å²) in [5.41, 5.74) is -3.74. The number of imidazole rings is 1. The van der Waals surface area contributed by atoms with Gasteiger partial charge in [-0.3, -0.25) is 4.57 Å². The molecular weight excluding hydrogens is 424 g/mol. The summed E-state index contributed by atoms with van der Waals surface area (Å²) in [4.78, 5) is 17.4. The molecule has 0 saturated carbocycles. The lowest BCUT2D eigenvalue weighted by atomic mass is 10.0. The van der Waals surface area contributed by atoms with Crippen LogP contribution in [-0.2, 0) is 18.9 Å². The first-order valence-electron chi connectivity index (χ1n) is 7.70. The van der Waals surface area contributed by atoms with Crippen molar-refractivity contribution in [2.45, 2.75) is 18.9 Å². The summed E-state index contributed by atoms with van der Waals surface area (Å²) >= 11 is 0. The Kier molecular flexibility index (Phi) is 4.94. The molecule has 30 heavy (non-hydrogen) atoms. The second-order valence-corrected chi connectivity index (χ2v) is 5.74. The van der Waals surface area contributed by atoms with E-state index >= 15 is 0 Å². The van der Waals surface area contributed by atoms with Gasteiger partial charge in [0.05, 0.1) is 17.2 Å². The maximum atomic E-state index is 13.0. The number of hydrogen-bond donors (Lipinski definition) is 0. The summed E-state index contributed by atoms with van der Waals surface area (Å²) in [6.07, 6.45) is -8.32. The third kappa shape index (κ3) is 3.92. The van der Waals surface area contributed by atoms with Crippen molar-refractivity contribution in [3.05, 3.63) is 52.1 Å². The monoisotopic (exact) mass is 431 g/mol. The number of nitriles is 1. The number of benzene rings is 1. The van der Waals surface area contributed by atoms with Crippen LogP contribution in [0.5, 0.6) is 0 Å². The molecule has 156 valence electrons. The van der Waals surface area contributed by atoms with Crippen LogP contribution in [0, 0.1) is 21.4 Å². The lowest BCUT2D eigenvalue weighted by Crippen LogP contribution is -2.11. The molecule has 0 unspecified atom stereocenters. The van der Waals surface area contributed by atoms with Crippen LogP contribution < -0.4 is 0 Å². The number of hydrogen-bond acceptors (Lipinski definition) is 6. The van der Waals surface area contributed by atoms with Crippen LogP contribution in [0.3, 0.4) is 0 Å². The molecule has 0 aliphatic rings. The smallest absolute Gasteiger partial charge is 0.358 e. The van der Waals surface area contributed by atoms with Gasteiger partial charge in [0.2, 0.25) is 12.1 Å². The fourth-order valence-corrected chi connectivity index (χ4v) is 2.50. The number of alkyl halides is 6. The Morgan fingerprint density at radius 1 is 1.03 bits per heavy atom. The molecule has 0 atom stereocenters. The van der Waals surface area contributed by atoms with E-state index < -0.39 is 45.6 Å². The number of rotatable bonds is 4. The van der Waals surface area contributed by atoms with Crippen LogP contribution in [0.4, 0.5) is 32.2 Å². The highest BCUT2D eigenvalue weighted by molar-refractivity contribution is 5.58. The van der Waals surface area contributed by atoms with E-state index in [1.807, 2.05) is 0 Å². The maximum Gasteiger partial charge on any atom is 0.416 e.